The van der Waals surface area contributed by atoms with Crippen molar-refractivity contribution >= 4 is 28.5 Å². The van der Waals surface area contributed by atoms with Gasteiger partial charge in [0.25, 0.3) is 0 Å². The minimum atomic E-state index is 0.168. The van der Waals surface area contributed by atoms with E-state index in [2.05, 4.69) is 20.4 Å². The molecule has 0 aliphatic carbocycles. The van der Waals surface area contributed by atoms with Crippen LogP contribution >= 0.6 is 11.6 Å². The van der Waals surface area contributed by atoms with Gasteiger partial charge in [0.15, 0.2) is 0 Å². The van der Waals surface area contributed by atoms with Crippen LogP contribution in [0, 0.1) is 0 Å². The van der Waals surface area contributed by atoms with E-state index in [1.165, 1.54) is 0 Å². The SMILES string of the molecule is COc1ccc(CNc2ccc3nc(Cl)nc(-c4cn(C)nc4-c4ccccc4)c3n2)cc1. The van der Waals surface area contributed by atoms with Crippen LogP contribution in [0.4, 0.5) is 5.82 Å². The lowest BCUT2D eigenvalue weighted by Gasteiger charge is -2.10. The lowest BCUT2D eigenvalue weighted by molar-refractivity contribution is 0.414. The highest BCUT2D eigenvalue weighted by Crippen LogP contribution is 2.34. The molecule has 0 radical (unpaired) electrons. The molecule has 7 nitrogen and oxygen atoms in total. The number of fused-ring (bicyclic) bond motifs is 1. The molecular formula is C25H21ClN6O. The van der Waals surface area contributed by atoms with Crippen LogP contribution < -0.4 is 10.1 Å². The average molecular weight is 457 g/mol. The minimum absolute atomic E-state index is 0.168. The Morgan fingerprint density at radius 1 is 0.909 bits per heavy atom. The standard InChI is InChI=1S/C25H21ClN6O/c1-32-15-19(22(31-32)17-6-4-3-5-7-17)23-24-20(28-25(26)30-23)12-13-21(29-24)27-14-16-8-10-18(33-2)11-9-16/h3-13,15H,14H2,1-2H3,(H,27,29). The Hall–Kier alpha value is -3.97. The molecule has 2 aromatic carbocycles. The molecular weight excluding hydrogens is 436 g/mol. The van der Waals surface area contributed by atoms with Crippen LogP contribution in [0.1, 0.15) is 5.56 Å². The number of nitrogens with zero attached hydrogens (tertiary/aromatic N) is 5. The van der Waals surface area contributed by atoms with Crippen molar-refractivity contribution in [3.63, 3.8) is 0 Å². The molecule has 0 fully saturated rings. The van der Waals surface area contributed by atoms with Crippen LogP contribution in [0.5, 0.6) is 5.75 Å². The molecule has 164 valence electrons. The first-order chi connectivity index (χ1) is 16.1. The summed E-state index contributed by atoms with van der Waals surface area (Å²) < 4.78 is 6.99. The normalized spacial score (nSPS) is 11.0. The van der Waals surface area contributed by atoms with Gasteiger partial charge in [0.05, 0.1) is 12.6 Å². The van der Waals surface area contributed by atoms with Gasteiger partial charge in [0, 0.05) is 30.9 Å². The minimum Gasteiger partial charge on any atom is -0.497 e. The van der Waals surface area contributed by atoms with Crippen LogP contribution in [0.2, 0.25) is 5.28 Å². The Balaban J connectivity index is 1.54. The number of methoxy groups -OCH3 is 1. The largest absolute Gasteiger partial charge is 0.497 e. The fraction of sp³-hybridized carbons (Fsp3) is 0.120. The summed E-state index contributed by atoms with van der Waals surface area (Å²) in [7, 11) is 3.54. The third kappa shape index (κ3) is 4.36. The van der Waals surface area contributed by atoms with Gasteiger partial charge in [-0.3, -0.25) is 4.68 Å². The number of hydrogen-bond donors (Lipinski definition) is 1. The zero-order valence-electron chi connectivity index (χ0n) is 18.2. The number of ether oxygens (including phenoxy) is 1. The van der Waals surface area contributed by atoms with Crippen molar-refractivity contribution in [1.82, 2.24) is 24.7 Å². The zero-order chi connectivity index (χ0) is 22.8. The molecule has 5 rings (SSSR count). The number of pyridine rings is 1. The molecule has 1 N–H and O–H groups in total. The number of rotatable bonds is 6. The molecule has 5 aromatic rings. The molecule has 0 saturated carbocycles. The van der Waals surface area contributed by atoms with Crippen LogP contribution in [-0.2, 0) is 13.6 Å². The van der Waals surface area contributed by atoms with Crippen molar-refractivity contribution in [3.05, 3.63) is 83.8 Å². The van der Waals surface area contributed by atoms with Crippen LogP contribution in [-0.4, -0.2) is 31.8 Å². The average Bonchev–Trinajstić information content (AvgIpc) is 3.24. The highest BCUT2D eigenvalue weighted by Gasteiger charge is 2.18. The maximum atomic E-state index is 6.28. The van der Waals surface area contributed by atoms with Crippen LogP contribution in [0.25, 0.3) is 33.5 Å². The summed E-state index contributed by atoms with van der Waals surface area (Å²) in [5.74, 6) is 1.54. The van der Waals surface area contributed by atoms with E-state index in [0.29, 0.717) is 23.3 Å². The summed E-state index contributed by atoms with van der Waals surface area (Å²) in [6.07, 6.45) is 1.93. The Labute approximate surface area is 196 Å². The predicted molar refractivity (Wildman–Crippen MR) is 130 cm³/mol. The maximum absolute atomic E-state index is 6.28. The number of benzene rings is 2. The third-order valence-electron chi connectivity index (χ3n) is 5.28. The fourth-order valence-corrected chi connectivity index (χ4v) is 3.85. The highest BCUT2D eigenvalue weighted by atomic mass is 35.5. The van der Waals surface area contributed by atoms with E-state index < -0.39 is 0 Å². The van der Waals surface area contributed by atoms with E-state index in [-0.39, 0.29) is 5.28 Å². The van der Waals surface area contributed by atoms with Gasteiger partial charge in [-0.25, -0.2) is 15.0 Å². The van der Waals surface area contributed by atoms with Gasteiger partial charge in [0.2, 0.25) is 5.28 Å². The number of nitrogens with one attached hydrogen (secondary N) is 1. The highest BCUT2D eigenvalue weighted by molar-refractivity contribution is 6.28. The monoisotopic (exact) mass is 456 g/mol. The molecule has 0 aliphatic rings. The quantitative estimate of drug-likeness (QED) is 0.346. The van der Waals surface area contributed by atoms with Crippen LogP contribution in [0.15, 0.2) is 72.9 Å². The summed E-state index contributed by atoms with van der Waals surface area (Å²) in [4.78, 5) is 13.7. The Bertz CT molecular complexity index is 1420. The van der Waals surface area contributed by atoms with Crippen molar-refractivity contribution in [2.24, 2.45) is 7.05 Å². The van der Waals surface area contributed by atoms with Crippen molar-refractivity contribution in [3.8, 4) is 28.3 Å². The van der Waals surface area contributed by atoms with E-state index in [0.717, 1.165) is 34.0 Å². The molecule has 0 amide bonds. The van der Waals surface area contributed by atoms with Gasteiger partial charge in [-0.05, 0) is 41.4 Å². The smallest absolute Gasteiger partial charge is 0.223 e. The van der Waals surface area contributed by atoms with Crippen molar-refractivity contribution < 1.29 is 4.74 Å². The van der Waals surface area contributed by atoms with Gasteiger partial charge in [-0.2, -0.15) is 5.10 Å². The van der Waals surface area contributed by atoms with Gasteiger partial charge < -0.3 is 10.1 Å². The third-order valence-corrected chi connectivity index (χ3v) is 5.45. The number of anilines is 1. The Morgan fingerprint density at radius 3 is 2.45 bits per heavy atom. The van der Waals surface area contributed by atoms with Gasteiger partial charge in [-0.15, -0.1) is 0 Å². The van der Waals surface area contributed by atoms with E-state index in [1.807, 2.05) is 80.0 Å². The first kappa shape index (κ1) is 20.9. The van der Waals surface area contributed by atoms with Crippen LogP contribution in [0.3, 0.4) is 0 Å². The molecule has 0 unspecified atom stereocenters. The second kappa shape index (κ2) is 8.88. The molecule has 8 heteroatoms. The molecule has 0 saturated heterocycles. The Kier molecular flexibility index (Phi) is 5.62. The predicted octanol–water partition coefficient (Wildman–Crippen LogP) is 5.37. The first-order valence-electron chi connectivity index (χ1n) is 10.4. The molecule has 0 atom stereocenters. The van der Waals surface area contributed by atoms with Gasteiger partial charge >= 0.3 is 0 Å². The second-order valence-electron chi connectivity index (χ2n) is 7.54. The molecule has 3 heterocycles. The number of halogens is 1. The molecule has 0 spiro atoms. The van der Waals surface area contributed by atoms with E-state index in [1.54, 1.807) is 11.8 Å². The summed E-state index contributed by atoms with van der Waals surface area (Å²) in [6, 6.07) is 21.7. The summed E-state index contributed by atoms with van der Waals surface area (Å²) in [5, 5.41) is 8.21. The summed E-state index contributed by atoms with van der Waals surface area (Å²) in [5.41, 5.74) is 5.73. The lowest BCUT2D eigenvalue weighted by atomic mass is 10.0. The topological polar surface area (TPSA) is 77.8 Å². The number of aromatic nitrogens is 5. The van der Waals surface area contributed by atoms with Crippen molar-refractivity contribution in [2.45, 2.75) is 6.54 Å². The molecule has 0 bridgehead atoms. The van der Waals surface area contributed by atoms with Gasteiger partial charge in [0.1, 0.15) is 28.5 Å². The van der Waals surface area contributed by atoms with E-state index in [9.17, 15) is 0 Å². The summed E-state index contributed by atoms with van der Waals surface area (Å²) >= 11 is 6.28. The second-order valence-corrected chi connectivity index (χ2v) is 7.88. The van der Waals surface area contributed by atoms with Crippen molar-refractivity contribution in [2.75, 3.05) is 12.4 Å². The van der Waals surface area contributed by atoms with E-state index >= 15 is 0 Å². The van der Waals surface area contributed by atoms with Crippen molar-refractivity contribution in [1.29, 1.82) is 0 Å². The number of aryl methyl sites for hydroxylation is 1. The summed E-state index contributed by atoms with van der Waals surface area (Å²) in [6.45, 7) is 0.619. The van der Waals surface area contributed by atoms with E-state index in [4.69, 9.17) is 21.3 Å². The molecule has 3 aromatic heterocycles. The molecule has 0 aliphatic heterocycles. The number of hydrogen-bond acceptors (Lipinski definition) is 6. The lowest BCUT2D eigenvalue weighted by Crippen LogP contribution is -2.03. The van der Waals surface area contributed by atoms with Gasteiger partial charge in [-0.1, -0.05) is 42.5 Å². The molecule has 33 heavy (non-hydrogen) atoms. The maximum Gasteiger partial charge on any atom is 0.223 e. The zero-order valence-corrected chi connectivity index (χ0v) is 18.9. The first-order valence-corrected chi connectivity index (χ1v) is 10.8. The fourth-order valence-electron chi connectivity index (χ4n) is 3.68. The Morgan fingerprint density at radius 2 is 1.70 bits per heavy atom.